The average Bonchev–Trinajstić information content (AvgIpc) is 3.05. The van der Waals surface area contributed by atoms with Gasteiger partial charge in [0.05, 0.1) is 16.4 Å². The van der Waals surface area contributed by atoms with Crippen molar-refractivity contribution in [3.05, 3.63) is 93.1 Å². The molecular weight excluding hydrogens is 431 g/mol. The van der Waals surface area contributed by atoms with Crippen LogP contribution < -0.4 is 0 Å². The standard InChI is InChI=1S/C21H13Cl3N4O/c1-12-18(20(29)21-25-9-2-10-26-21)27-28(17-8-7-15(23)11-16(17)24)19(12)13-3-5-14(22)6-4-13/h2-11H,1H3. The van der Waals surface area contributed by atoms with Crippen molar-refractivity contribution in [1.29, 1.82) is 0 Å². The van der Waals surface area contributed by atoms with Crippen LogP contribution >= 0.6 is 34.8 Å². The quantitative estimate of drug-likeness (QED) is 0.372. The van der Waals surface area contributed by atoms with Crippen molar-refractivity contribution in [1.82, 2.24) is 19.7 Å². The van der Waals surface area contributed by atoms with Crippen LogP contribution in [0.2, 0.25) is 15.1 Å². The Kier molecular flexibility index (Phi) is 5.37. The maximum Gasteiger partial charge on any atom is 0.250 e. The van der Waals surface area contributed by atoms with Gasteiger partial charge < -0.3 is 0 Å². The number of carbonyl (C=O) groups excluding carboxylic acids is 1. The predicted molar refractivity (Wildman–Crippen MR) is 114 cm³/mol. The van der Waals surface area contributed by atoms with E-state index < -0.39 is 0 Å². The first-order chi connectivity index (χ1) is 14.0. The van der Waals surface area contributed by atoms with Crippen molar-refractivity contribution in [3.63, 3.8) is 0 Å². The Bertz CT molecular complexity index is 1200. The third kappa shape index (κ3) is 3.77. The number of carbonyl (C=O) groups is 1. The number of benzene rings is 2. The van der Waals surface area contributed by atoms with Crippen LogP contribution in [0.5, 0.6) is 0 Å². The highest BCUT2D eigenvalue weighted by Gasteiger charge is 2.25. The highest BCUT2D eigenvalue weighted by molar-refractivity contribution is 6.35. The lowest BCUT2D eigenvalue weighted by Crippen LogP contribution is -2.09. The number of aromatic nitrogens is 4. The first kappa shape index (κ1) is 19.6. The molecule has 0 bridgehead atoms. The monoisotopic (exact) mass is 442 g/mol. The molecule has 0 atom stereocenters. The van der Waals surface area contributed by atoms with E-state index in [2.05, 4.69) is 15.1 Å². The lowest BCUT2D eigenvalue weighted by atomic mass is 10.0. The van der Waals surface area contributed by atoms with Gasteiger partial charge in [-0.15, -0.1) is 0 Å². The number of nitrogens with zero attached hydrogens (tertiary/aromatic N) is 4. The Balaban J connectivity index is 1.96. The lowest BCUT2D eigenvalue weighted by Gasteiger charge is -2.11. The third-order valence-corrected chi connectivity index (χ3v) is 5.15. The topological polar surface area (TPSA) is 60.7 Å². The lowest BCUT2D eigenvalue weighted by molar-refractivity contribution is 0.102. The molecule has 0 radical (unpaired) electrons. The van der Waals surface area contributed by atoms with Gasteiger partial charge in [-0.25, -0.2) is 14.6 Å². The van der Waals surface area contributed by atoms with Gasteiger partial charge in [-0.2, -0.15) is 5.10 Å². The fraction of sp³-hybridized carbons (Fsp3) is 0.0476. The molecule has 0 fully saturated rings. The molecule has 0 saturated heterocycles. The second kappa shape index (κ2) is 7.95. The Morgan fingerprint density at radius 3 is 2.24 bits per heavy atom. The Labute approximate surface area is 181 Å². The zero-order valence-corrected chi connectivity index (χ0v) is 17.4. The van der Waals surface area contributed by atoms with Crippen LogP contribution in [0.15, 0.2) is 60.9 Å². The van der Waals surface area contributed by atoms with E-state index in [9.17, 15) is 4.79 Å². The summed E-state index contributed by atoms with van der Waals surface area (Å²) >= 11 is 18.5. The molecule has 0 N–H and O–H groups in total. The zero-order valence-electron chi connectivity index (χ0n) is 15.1. The minimum absolute atomic E-state index is 0.0742. The molecule has 0 saturated carbocycles. The van der Waals surface area contributed by atoms with Crippen molar-refractivity contribution in [3.8, 4) is 16.9 Å². The van der Waals surface area contributed by atoms with Crippen LogP contribution in [-0.4, -0.2) is 25.5 Å². The fourth-order valence-electron chi connectivity index (χ4n) is 3.01. The summed E-state index contributed by atoms with van der Waals surface area (Å²) in [6.07, 6.45) is 3.03. The van der Waals surface area contributed by atoms with E-state index in [0.717, 1.165) is 5.56 Å². The molecule has 5 nitrogen and oxygen atoms in total. The summed E-state index contributed by atoms with van der Waals surface area (Å²) in [5, 5.41) is 6.09. The van der Waals surface area contributed by atoms with E-state index in [-0.39, 0.29) is 17.3 Å². The first-order valence-corrected chi connectivity index (χ1v) is 9.72. The Morgan fingerprint density at radius 2 is 1.59 bits per heavy atom. The van der Waals surface area contributed by atoms with E-state index in [0.29, 0.717) is 32.0 Å². The van der Waals surface area contributed by atoms with Crippen LogP contribution in [0.4, 0.5) is 0 Å². The van der Waals surface area contributed by atoms with Gasteiger partial charge >= 0.3 is 0 Å². The average molecular weight is 444 g/mol. The van der Waals surface area contributed by atoms with E-state index >= 15 is 0 Å². The van der Waals surface area contributed by atoms with Crippen LogP contribution in [-0.2, 0) is 0 Å². The van der Waals surface area contributed by atoms with E-state index in [1.54, 1.807) is 41.1 Å². The molecular formula is C21H13Cl3N4O. The van der Waals surface area contributed by atoms with Gasteiger partial charge in [-0.3, -0.25) is 4.79 Å². The maximum absolute atomic E-state index is 13.0. The van der Waals surface area contributed by atoms with Gasteiger partial charge in [-0.05, 0) is 43.3 Å². The largest absolute Gasteiger partial charge is 0.283 e. The van der Waals surface area contributed by atoms with Crippen LogP contribution in [0.1, 0.15) is 21.9 Å². The van der Waals surface area contributed by atoms with E-state index in [4.69, 9.17) is 34.8 Å². The first-order valence-electron chi connectivity index (χ1n) is 8.58. The summed E-state index contributed by atoms with van der Waals surface area (Å²) < 4.78 is 1.63. The van der Waals surface area contributed by atoms with Gasteiger partial charge in [-0.1, -0.05) is 46.9 Å². The van der Waals surface area contributed by atoms with Crippen molar-refractivity contribution in [2.24, 2.45) is 0 Å². The normalized spacial score (nSPS) is 10.9. The van der Waals surface area contributed by atoms with E-state index in [1.807, 2.05) is 19.1 Å². The molecule has 0 spiro atoms. The summed E-state index contributed by atoms with van der Waals surface area (Å²) in [4.78, 5) is 21.1. The van der Waals surface area contributed by atoms with Crippen molar-refractivity contribution in [2.45, 2.75) is 6.92 Å². The molecule has 0 aliphatic carbocycles. The molecule has 4 aromatic rings. The summed E-state index contributed by atoms with van der Waals surface area (Å²) in [5.41, 5.74) is 3.06. The van der Waals surface area contributed by atoms with Gasteiger partial charge in [0.2, 0.25) is 5.82 Å². The molecule has 144 valence electrons. The molecule has 2 heterocycles. The number of ketones is 1. The summed E-state index contributed by atoms with van der Waals surface area (Å²) in [5.74, 6) is -0.299. The Morgan fingerprint density at radius 1 is 0.931 bits per heavy atom. The van der Waals surface area contributed by atoms with Crippen LogP contribution in [0, 0.1) is 6.92 Å². The SMILES string of the molecule is Cc1c(C(=O)c2ncccn2)nn(-c2ccc(Cl)cc2Cl)c1-c1ccc(Cl)cc1. The van der Waals surface area contributed by atoms with E-state index in [1.165, 1.54) is 12.4 Å². The molecule has 0 amide bonds. The van der Waals surface area contributed by atoms with Gasteiger partial charge in [0, 0.05) is 33.6 Å². The highest BCUT2D eigenvalue weighted by Crippen LogP contribution is 2.33. The molecule has 0 aliphatic rings. The molecule has 0 aliphatic heterocycles. The molecule has 29 heavy (non-hydrogen) atoms. The molecule has 2 aromatic heterocycles. The van der Waals surface area contributed by atoms with Crippen LogP contribution in [0.25, 0.3) is 16.9 Å². The molecule has 8 heteroatoms. The molecule has 2 aromatic carbocycles. The second-order valence-electron chi connectivity index (χ2n) is 6.24. The smallest absolute Gasteiger partial charge is 0.250 e. The minimum atomic E-state index is -0.373. The molecule has 0 unspecified atom stereocenters. The number of hydrogen-bond donors (Lipinski definition) is 0. The van der Waals surface area contributed by atoms with Gasteiger partial charge in [0.25, 0.3) is 5.78 Å². The van der Waals surface area contributed by atoms with Crippen molar-refractivity contribution < 1.29 is 4.79 Å². The summed E-state index contributed by atoms with van der Waals surface area (Å²) in [6.45, 7) is 1.83. The number of hydrogen-bond acceptors (Lipinski definition) is 4. The number of rotatable bonds is 4. The highest BCUT2D eigenvalue weighted by atomic mass is 35.5. The summed E-state index contributed by atoms with van der Waals surface area (Å²) in [6, 6.07) is 14.0. The second-order valence-corrected chi connectivity index (χ2v) is 7.52. The van der Waals surface area contributed by atoms with Gasteiger partial charge in [0.15, 0.2) is 0 Å². The van der Waals surface area contributed by atoms with Crippen molar-refractivity contribution in [2.75, 3.05) is 0 Å². The predicted octanol–water partition coefficient (Wildman–Crippen LogP) is 5.83. The van der Waals surface area contributed by atoms with Crippen LogP contribution in [0.3, 0.4) is 0 Å². The summed E-state index contributed by atoms with van der Waals surface area (Å²) in [7, 11) is 0. The van der Waals surface area contributed by atoms with Gasteiger partial charge in [0.1, 0.15) is 5.69 Å². The maximum atomic E-state index is 13.0. The third-order valence-electron chi connectivity index (χ3n) is 4.36. The number of halogens is 3. The molecule has 4 rings (SSSR count). The fourth-order valence-corrected chi connectivity index (χ4v) is 3.62. The Hall–Kier alpha value is -2.73. The van der Waals surface area contributed by atoms with Crippen molar-refractivity contribution >= 4 is 40.6 Å². The minimum Gasteiger partial charge on any atom is -0.283 e. The zero-order chi connectivity index (χ0) is 20.5.